The van der Waals surface area contributed by atoms with Crippen LogP contribution in [0.15, 0.2) is 23.7 Å². The van der Waals surface area contributed by atoms with E-state index >= 15 is 0 Å². The van der Waals surface area contributed by atoms with Gasteiger partial charge in [-0.15, -0.1) is 11.3 Å². The number of hydrogen-bond donors (Lipinski definition) is 1. The zero-order chi connectivity index (χ0) is 28.2. The molecule has 1 saturated heterocycles. The molecule has 0 radical (unpaired) electrons. The number of rotatable bonds is 6. The summed E-state index contributed by atoms with van der Waals surface area (Å²) >= 11 is 1.64. The molecule has 0 bridgehead atoms. The fraction of sp³-hybridized carbons (Fsp3) is 0.517. The average molecular weight is 565 g/mol. The van der Waals surface area contributed by atoms with Gasteiger partial charge in [0.25, 0.3) is 5.91 Å². The van der Waals surface area contributed by atoms with E-state index in [1.807, 2.05) is 44.0 Å². The number of carbonyl (C=O) groups is 2. The smallest absolute Gasteiger partial charge is 0.407 e. The first-order chi connectivity index (χ1) is 19.1. The number of hydrogen-bond acceptors (Lipinski definition) is 7. The number of thiazole rings is 1. The van der Waals surface area contributed by atoms with Crippen molar-refractivity contribution in [1.29, 1.82) is 0 Å². The lowest BCUT2D eigenvalue weighted by molar-refractivity contribution is 0.0452. The molecule has 40 heavy (non-hydrogen) atoms. The predicted molar refractivity (Wildman–Crippen MR) is 155 cm³/mol. The minimum Gasteiger partial charge on any atom is -0.494 e. The number of carbonyl (C=O) groups excluding carboxylic acids is 2. The van der Waals surface area contributed by atoms with Crippen LogP contribution >= 0.6 is 11.3 Å². The number of fused-ring (bicyclic) bond motifs is 2. The van der Waals surface area contributed by atoms with E-state index in [4.69, 9.17) is 14.5 Å². The zero-order valence-corrected chi connectivity index (χ0v) is 24.5. The Morgan fingerprint density at radius 2 is 1.98 bits per heavy atom. The van der Waals surface area contributed by atoms with E-state index in [1.165, 1.54) is 12.8 Å². The fourth-order valence-electron chi connectivity index (χ4n) is 5.55. The summed E-state index contributed by atoms with van der Waals surface area (Å²) in [6.45, 7) is 7.47. The van der Waals surface area contributed by atoms with Gasteiger partial charge in [0.15, 0.2) is 11.5 Å². The molecule has 11 heteroatoms. The van der Waals surface area contributed by atoms with Gasteiger partial charge in [-0.2, -0.15) is 0 Å². The van der Waals surface area contributed by atoms with Gasteiger partial charge in [0, 0.05) is 38.3 Å². The molecule has 1 saturated carbocycles. The number of ether oxygens (including phenoxy) is 2. The highest BCUT2D eigenvalue weighted by atomic mass is 32.1. The van der Waals surface area contributed by atoms with Crippen LogP contribution in [0, 0.1) is 5.92 Å². The van der Waals surface area contributed by atoms with Gasteiger partial charge >= 0.3 is 6.09 Å². The molecule has 1 N–H and O–H groups in total. The van der Waals surface area contributed by atoms with E-state index in [9.17, 15) is 9.59 Å². The maximum Gasteiger partial charge on any atom is 0.407 e. The number of imidazole rings is 1. The Kier molecular flexibility index (Phi) is 6.72. The van der Waals surface area contributed by atoms with Crippen molar-refractivity contribution < 1.29 is 19.1 Å². The Morgan fingerprint density at radius 1 is 1.18 bits per heavy atom. The molecule has 2 fully saturated rings. The highest BCUT2D eigenvalue weighted by molar-refractivity contribution is 7.16. The molecule has 0 spiro atoms. The van der Waals surface area contributed by atoms with Crippen LogP contribution in [0.3, 0.4) is 0 Å². The van der Waals surface area contributed by atoms with E-state index in [0.717, 1.165) is 46.8 Å². The number of alkyl carbamates (subject to hydrolysis) is 1. The quantitative estimate of drug-likeness (QED) is 0.345. The number of methoxy groups -OCH3 is 1. The average Bonchev–Trinajstić information content (AvgIpc) is 3.35. The third-order valence-corrected chi connectivity index (χ3v) is 8.35. The molecule has 1 unspecified atom stereocenters. The first kappa shape index (κ1) is 26.6. The summed E-state index contributed by atoms with van der Waals surface area (Å²) in [6.07, 6.45) is 3.62. The molecular weight excluding hydrogens is 528 g/mol. The molecule has 2 aliphatic rings. The van der Waals surface area contributed by atoms with Crippen LogP contribution in [0.2, 0.25) is 0 Å². The second kappa shape index (κ2) is 10.1. The topological polar surface area (TPSA) is 104 Å². The van der Waals surface area contributed by atoms with Gasteiger partial charge < -0.3 is 28.8 Å². The van der Waals surface area contributed by atoms with Crippen LogP contribution in [0.4, 0.5) is 4.79 Å². The number of aryl methyl sites for hydroxylation is 1. The fourth-order valence-corrected chi connectivity index (χ4v) is 6.26. The van der Waals surface area contributed by atoms with Gasteiger partial charge in [0.05, 0.1) is 28.5 Å². The van der Waals surface area contributed by atoms with Crippen LogP contribution in [-0.2, 0) is 18.3 Å². The lowest BCUT2D eigenvalue weighted by Crippen LogP contribution is -2.50. The van der Waals surface area contributed by atoms with E-state index in [0.29, 0.717) is 35.8 Å². The van der Waals surface area contributed by atoms with E-state index < -0.39 is 11.7 Å². The number of piperidine rings is 1. The molecule has 4 aromatic rings. The Bertz CT molecular complexity index is 1590. The van der Waals surface area contributed by atoms with Crippen molar-refractivity contribution in [3.05, 3.63) is 29.3 Å². The van der Waals surface area contributed by atoms with Crippen LogP contribution < -0.4 is 10.1 Å². The maximum absolute atomic E-state index is 13.7. The first-order valence-electron chi connectivity index (χ1n) is 13.9. The van der Waals surface area contributed by atoms with Gasteiger partial charge in [-0.1, -0.05) is 0 Å². The van der Waals surface area contributed by atoms with Crippen molar-refractivity contribution in [2.45, 2.75) is 64.6 Å². The number of amides is 2. The minimum absolute atomic E-state index is 0.107. The van der Waals surface area contributed by atoms with E-state index in [2.05, 4.69) is 20.9 Å². The molecule has 1 aliphatic heterocycles. The monoisotopic (exact) mass is 564 g/mol. The van der Waals surface area contributed by atoms with Gasteiger partial charge in [-0.3, -0.25) is 4.79 Å². The molecular formula is C29H36N6O4S. The van der Waals surface area contributed by atoms with Crippen LogP contribution in [0.5, 0.6) is 5.75 Å². The van der Waals surface area contributed by atoms with Crippen molar-refractivity contribution in [3.63, 3.8) is 0 Å². The maximum atomic E-state index is 13.7. The Balaban J connectivity index is 1.30. The molecule has 2 amide bonds. The lowest BCUT2D eigenvalue weighted by atomic mass is 10.0. The lowest BCUT2D eigenvalue weighted by Gasteiger charge is -2.33. The molecule has 3 aromatic heterocycles. The summed E-state index contributed by atoms with van der Waals surface area (Å²) < 4.78 is 16.7. The largest absolute Gasteiger partial charge is 0.494 e. The summed E-state index contributed by atoms with van der Waals surface area (Å²) in [4.78, 5) is 37.4. The summed E-state index contributed by atoms with van der Waals surface area (Å²) in [5.41, 5.74) is 5.41. The molecule has 4 heterocycles. The Morgan fingerprint density at radius 3 is 2.70 bits per heavy atom. The first-order valence-corrected chi connectivity index (χ1v) is 14.8. The summed E-state index contributed by atoms with van der Waals surface area (Å²) in [6, 6.07) is 5.65. The molecule has 212 valence electrons. The SMILES string of the molecule is COc1cc(C(=O)N2CCCC(NC(=O)OC(C)(C)C)C2)cc2nc(-c3cc4scnc4n3CC3CC3)n(C)c12. The van der Waals surface area contributed by atoms with Gasteiger partial charge in [0.1, 0.15) is 16.9 Å². The predicted octanol–water partition coefficient (Wildman–Crippen LogP) is 5.20. The van der Waals surface area contributed by atoms with E-state index in [1.54, 1.807) is 29.4 Å². The normalized spacial score (nSPS) is 17.9. The zero-order valence-electron chi connectivity index (χ0n) is 23.7. The van der Waals surface area contributed by atoms with Crippen LogP contribution in [0.25, 0.3) is 32.9 Å². The van der Waals surface area contributed by atoms with Crippen molar-refractivity contribution in [2.75, 3.05) is 20.2 Å². The highest BCUT2D eigenvalue weighted by Gasteiger charge is 2.30. The van der Waals surface area contributed by atoms with Crippen molar-refractivity contribution in [1.82, 2.24) is 29.3 Å². The van der Waals surface area contributed by atoms with Gasteiger partial charge in [-0.25, -0.2) is 14.8 Å². The molecule has 10 nitrogen and oxygen atoms in total. The Labute approximate surface area is 237 Å². The van der Waals surface area contributed by atoms with E-state index in [-0.39, 0.29) is 11.9 Å². The van der Waals surface area contributed by atoms with Crippen LogP contribution in [0.1, 0.15) is 56.8 Å². The number of aromatic nitrogens is 4. The summed E-state index contributed by atoms with van der Waals surface area (Å²) in [7, 11) is 3.61. The highest BCUT2D eigenvalue weighted by Crippen LogP contribution is 2.38. The second-order valence-electron chi connectivity index (χ2n) is 11.9. The molecule has 6 rings (SSSR count). The second-order valence-corrected chi connectivity index (χ2v) is 12.8. The molecule has 1 aromatic carbocycles. The van der Waals surface area contributed by atoms with Crippen LogP contribution in [-0.4, -0.2) is 67.8 Å². The van der Waals surface area contributed by atoms with Gasteiger partial charge in [-0.05, 0) is 70.6 Å². The number of likely N-dealkylation sites (tertiary alicyclic amines) is 1. The summed E-state index contributed by atoms with van der Waals surface area (Å²) in [5, 5.41) is 2.92. The number of nitrogens with zero attached hydrogens (tertiary/aromatic N) is 5. The number of nitrogens with one attached hydrogen (secondary N) is 1. The summed E-state index contributed by atoms with van der Waals surface area (Å²) in [5.74, 6) is 2.00. The number of benzene rings is 1. The van der Waals surface area contributed by atoms with Gasteiger partial charge in [0.2, 0.25) is 0 Å². The van der Waals surface area contributed by atoms with Crippen molar-refractivity contribution in [3.8, 4) is 17.3 Å². The van der Waals surface area contributed by atoms with Crippen molar-refractivity contribution in [2.24, 2.45) is 13.0 Å². The standard InChI is InChI=1S/C29H36N6O4S/c1-29(2,3)39-28(37)31-19-7-6-10-34(15-19)27(36)18-11-20-24(22(12-18)38-5)33(4)25(32-20)21-13-23-26(30-16-40-23)35(21)14-17-8-9-17/h11-13,16-17,19H,6-10,14-15H2,1-5H3,(H,31,37). The molecule has 1 atom stereocenters. The third-order valence-electron chi connectivity index (χ3n) is 7.59. The minimum atomic E-state index is -0.576. The Hall–Kier alpha value is -3.60. The van der Waals surface area contributed by atoms with Crippen molar-refractivity contribution >= 4 is 44.7 Å². The molecule has 1 aliphatic carbocycles. The third kappa shape index (κ3) is 5.14.